The van der Waals surface area contributed by atoms with E-state index in [1.807, 2.05) is 42.9 Å². The number of hydrogen-bond donors (Lipinski definition) is 1. The molecule has 1 fully saturated rings. The maximum absolute atomic E-state index is 12.5. The summed E-state index contributed by atoms with van der Waals surface area (Å²) in [6.45, 7) is 4.84. The Bertz CT molecular complexity index is 711. The minimum absolute atomic E-state index is 0.0854. The van der Waals surface area contributed by atoms with E-state index < -0.39 is 0 Å². The molecular formula is C19H26N4OS. The number of anilines is 1. The van der Waals surface area contributed by atoms with Crippen molar-refractivity contribution in [2.75, 3.05) is 24.7 Å². The van der Waals surface area contributed by atoms with Gasteiger partial charge < -0.3 is 4.90 Å². The molecule has 1 N–H and O–H groups in total. The first-order valence-corrected chi connectivity index (χ1v) is 9.79. The Hall–Kier alpha value is -1.95. The first-order chi connectivity index (χ1) is 12.0. The molecule has 134 valence electrons. The third-order valence-electron chi connectivity index (χ3n) is 4.57. The zero-order chi connectivity index (χ0) is 17.8. The molecule has 1 aromatic carbocycles. The van der Waals surface area contributed by atoms with Crippen molar-refractivity contribution in [2.45, 2.75) is 37.6 Å². The summed E-state index contributed by atoms with van der Waals surface area (Å²) < 4.78 is 1.97. The lowest BCUT2D eigenvalue weighted by molar-refractivity contribution is 0.224. The number of rotatable bonds is 7. The molecule has 1 saturated carbocycles. The van der Waals surface area contributed by atoms with Gasteiger partial charge in [0.15, 0.2) is 0 Å². The molecule has 0 bridgehead atoms. The average Bonchev–Trinajstić information content (AvgIpc) is 3.39. The Kier molecular flexibility index (Phi) is 5.68. The van der Waals surface area contributed by atoms with Gasteiger partial charge in [0.1, 0.15) is 5.82 Å². The van der Waals surface area contributed by atoms with Crippen LogP contribution in [0.2, 0.25) is 0 Å². The van der Waals surface area contributed by atoms with Crippen LogP contribution in [0.25, 0.3) is 0 Å². The van der Waals surface area contributed by atoms with Gasteiger partial charge in [0, 0.05) is 30.3 Å². The normalized spacial score (nSPS) is 15.0. The predicted molar refractivity (Wildman–Crippen MR) is 103 cm³/mol. The zero-order valence-electron chi connectivity index (χ0n) is 15.1. The van der Waals surface area contributed by atoms with Gasteiger partial charge in [-0.15, -0.1) is 11.8 Å². The summed E-state index contributed by atoms with van der Waals surface area (Å²) in [5.74, 6) is 2.35. The molecule has 0 aliphatic heterocycles. The molecule has 0 saturated heterocycles. The Morgan fingerprint density at radius 1 is 1.40 bits per heavy atom. The van der Waals surface area contributed by atoms with Crippen molar-refractivity contribution < 1.29 is 4.79 Å². The number of urea groups is 1. The summed E-state index contributed by atoms with van der Waals surface area (Å²) in [5.41, 5.74) is 0.935. The Morgan fingerprint density at radius 2 is 2.12 bits per heavy atom. The molecule has 1 aromatic heterocycles. The van der Waals surface area contributed by atoms with Crippen LogP contribution in [0.15, 0.2) is 41.3 Å². The summed E-state index contributed by atoms with van der Waals surface area (Å²) in [6.07, 6.45) is 2.51. The lowest BCUT2D eigenvalue weighted by Gasteiger charge is -2.20. The van der Waals surface area contributed by atoms with Gasteiger partial charge in [-0.05, 0) is 44.7 Å². The lowest BCUT2D eigenvalue weighted by Crippen LogP contribution is -2.34. The van der Waals surface area contributed by atoms with Gasteiger partial charge in [0.25, 0.3) is 0 Å². The van der Waals surface area contributed by atoms with E-state index in [0.29, 0.717) is 18.5 Å². The third-order valence-corrected chi connectivity index (χ3v) is 5.56. The Labute approximate surface area is 153 Å². The number of nitrogens with one attached hydrogen (secondary N) is 1. The van der Waals surface area contributed by atoms with E-state index in [4.69, 9.17) is 0 Å². The highest BCUT2D eigenvalue weighted by atomic mass is 32.2. The number of benzene rings is 1. The number of nitrogens with zero attached hydrogens (tertiary/aromatic N) is 3. The maximum Gasteiger partial charge on any atom is 0.322 e. The van der Waals surface area contributed by atoms with E-state index in [-0.39, 0.29) is 6.03 Å². The highest BCUT2D eigenvalue weighted by molar-refractivity contribution is 7.99. The molecule has 6 heteroatoms. The molecule has 1 unspecified atom stereocenters. The topological polar surface area (TPSA) is 50.2 Å². The van der Waals surface area contributed by atoms with Crippen LogP contribution in [-0.4, -0.2) is 40.1 Å². The summed E-state index contributed by atoms with van der Waals surface area (Å²) >= 11 is 1.76. The first kappa shape index (κ1) is 17.9. The zero-order valence-corrected chi connectivity index (χ0v) is 15.9. The number of aryl methyl sites for hydroxylation is 1. The molecule has 1 atom stereocenters. The standard InChI is InChI=1S/C19H26N4OS/c1-14-13-18(23(21-14)15(2)16-9-10-16)20-19(24)22(3)11-12-25-17-7-5-4-6-8-17/h4-8,13,15-16H,9-12H2,1-3H3,(H,20,24). The van der Waals surface area contributed by atoms with Crippen molar-refractivity contribution in [3.63, 3.8) is 0 Å². The molecule has 5 nitrogen and oxygen atoms in total. The maximum atomic E-state index is 12.5. The van der Waals surface area contributed by atoms with Crippen molar-refractivity contribution >= 4 is 23.6 Å². The van der Waals surface area contributed by atoms with Gasteiger partial charge in [0.05, 0.1) is 11.7 Å². The van der Waals surface area contributed by atoms with Crippen molar-refractivity contribution in [1.29, 1.82) is 0 Å². The molecule has 2 amide bonds. The third kappa shape index (κ3) is 4.78. The molecule has 3 rings (SSSR count). The minimum atomic E-state index is -0.0854. The lowest BCUT2D eigenvalue weighted by atomic mass is 10.2. The van der Waals surface area contributed by atoms with E-state index in [2.05, 4.69) is 29.5 Å². The van der Waals surface area contributed by atoms with Crippen LogP contribution < -0.4 is 5.32 Å². The molecule has 0 spiro atoms. The molecule has 1 aliphatic carbocycles. The average molecular weight is 359 g/mol. The monoisotopic (exact) mass is 358 g/mol. The number of carbonyl (C=O) groups excluding carboxylic acids is 1. The highest BCUT2D eigenvalue weighted by Gasteiger charge is 2.31. The van der Waals surface area contributed by atoms with Crippen molar-refractivity contribution in [3.05, 3.63) is 42.1 Å². The number of aromatic nitrogens is 2. The highest BCUT2D eigenvalue weighted by Crippen LogP contribution is 2.40. The fraction of sp³-hybridized carbons (Fsp3) is 0.474. The fourth-order valence-corrected chi connectivity index (χ4v) is 3.77. The number of hydrogen-bond acceptors (Lipinski definition) is 3. The summed E-state index contributed by atoms with van der Waals surface area (Å²) in [5, 5.41) is 7.59. The number of carbonyl (C=O) groups is 1. The molecular weight excluding hydrogens is 332 g/mol. The SMILES string of the molecule is Cc1cc(NC(=O)N(C)CCSc2ccccc2)n(C(C)C2CC2)n1. The molecule has 1 aliphatic rings. The van der Waals surface area contributed by atoms with Crippen LogP contribution in [0.4, 0.5) is 10.6 Å². The van der Waals surface area contributed by atoms with Gasteiger partial charge in [-0.25, -0.2) is 9.48 Å². The Morgan fingerprint density at radius 3 is 2.80 bits per heavy atom. The van der Waals surface area contributed by atoms with Gasteiger partial charge in [-0.3, -0.25) is 5.32 Å². The van der Waals surface area contributed by atoms with Gasteiger partial charge >= 0.3 is 6.03 Å². The van der Waals surface area contributed by atoms with Crippen LogP contribution in [0.1, 0.15) is 31.5 Å². The van der Waals surface area contributed by atoms with E-state index in [1.54, 1.807) is 16.7 Å². The predicted octanol–water partition coefficient (Wildman–Crippen LogP) is 4.42. The van der Waals surface area contributed by atoms with Crippen molar-refractivity contribution in [2.24, 2.45) is 5.92 Å². The number of thioether (sulfide) groups is 1. The largest absolute Gasteiger partial charge is 0.327 e. The van der Waals surface area contributed by atoms with Crippen LogP contribution in [-0.2, 0) is 0 Å². The van der Waals surface area contributed by atoms with Gasteiger partial charge in [-0.2, -0.15) is 5.10 Å². The number of amides is 2. The quantitative estimate of drug-likeness (QED) is 0.746. The van der Waals surface area contributed by atoms with E-state index in [1.165, 1.54) is 17.7 Å². The van der Waals surface area contributed by atoms with Gasteiger partial charge in [-0.1, -0.05) is 18.2 Å². The second-order valence-electron chi connectivity index (χ2n) is 6.71. The van der Waals surface area contributed by atoms with Crippen LogP contribution in [0.5, 0.6) is 0 Å². The summed E-state index contributed by atoms with van der Waals surface area (Å²) in [7, 11) is 1.83. The summed E-state index contributed by atoms with van der Waals surface area (Å²) in [4.78, 5) is 15.4. The van der Waals surface area contributed by atoms with Crippen molar-refractivity contribution in [3.8, 4) is 0 Å². The van der Waals surface area contributed by atoms with E-state index in [9.17, 15) is 4.79 Å². The second-order valence-corrected chi connectivity index (χ2v) is 7.88. The minimum Gasteiger partial charge on any atom is -0.327 e. The summed E-state index contributed by atoms with van der Waals surface area (Å²) in [6, 6.07) is 12.4. The molecule has 2 aromatic rings. The van der Waals surface area contributed by atoms with Gasteiger partial charge in [0.2, 0.25) is 0 Å². The van der Waals surface area contributed by atoms with Crippen LogP contribution >= 0.6 is 11.8 Å². The van der Waals surface area contributed by atoms with E-state index >= 15 is 0 Å². The molecule has 0 radical (unpaired) electrons. The smallest absolute Gasteiger partial charge is 0.322 e. The van der Waals surface area contributed by atoms with E-state index in [0.717, 1.165) is 17.3 Å². The Balaban J connectivity index is 1.53. The van der Waals surface area contributed by atoms with Crippen LogP contribution in [0, 0.1) is 12.8 Å². The fourth-order valence-electron chi connectivity index (χ4n) is 2.82. The molecule has 25 heavy (non-hydrogen) atoms. The first-order valence-electron chi connectivity index (χ1n) is 8.80. The molecule has 1 heterocycles. The van der Waals surface area contributed by atoms with Crippen molar-refractivity contribution in [1.82, 2.24) is 14.7 Å². The second kappa shape index (κ2) is 7.95. The van der Waals surface area contributed by atoms with Crippen LogP contribution in [0.3, 0.4) is 0 Å².